The van der Waals surface area contributed by atoms with Gasteiger partial charge < -0.3 is 14.8 Å². The minimum absolute atomic E-state index is 0.112. The van der Waals surface area contributed by atoms with Crippen molar-refractivity contribution in [2.24, 2.45) is 13.0 Å². The normalized spacial score (nSPS) is 19.0. The number of carbonyl (C=O) groups is 1. The number of rotatable bonds is 5. The SMILES string of the molecule is COc1cccc(-c2nsc(NC(=O)[C@H]3CCO[C@@H]3c3cnn(C)c3C)n2)c1. The van der Waals surface area contributed by atoms with E-state index >= 15 is 0 Å². The Labute approximate surface area is 166 Å². The van der Waals surface area contributed by atoms with Crippen molar-refractivity contribution in [3.8, 4) is 17.1 Å². The van der Waals surface area contributed by atoms with Crippen molar-refractivity contribution < 1.29 is 14.3 Å². The van der Waals surface area contributed by atoms with E-state index in [1.807, 2.05) is 38.2 Å². The Morgan fingerprint density at radius 2 is 2.29 bits per heavy atom. The van der Waals surface area contributed by atoms with Crippen LogP contribution in [0.4, 0.5) is 5.13 Å². The molecule has 28 heavy (non-hydrogen) atoms. The molecule has 9 heteroatoms. The van der Waals surface area contributed by atoms with E-state index in [1.54, 1.807) is 18.0 Å². The van der Waals surface area contributed by atoms with E-state index in [0.29, 0.717) is 24.0 Å². The van der Waals surface area contributed by atoms with Crippen molar-refractivity contribution in [1.29, 1.82) is 0 Å². The number of aryl methyl sites for hydroxylation is 1. The first-order chi connectivity index (χ1) is 13.6. The van der Waals surface area contributed by atoms with Gasteiger partial charge in [-0.15, -0.1) is 0 Å². The summed E-state index contributed by atoms with van der Waals surface area (Å²) in [5.41, 5.74) is 2.79. The van der Waals surface area contributed by atoms with E-state index in [0.717, 1.165) is 34.1 Å². The first kappa shape index (κ1) is 18.6. The molecule has 1 amide bonds. The molecule has 0 saturated carbocycles. The summed E-state index contributed by atoms with van der Waals surface area (Å²) in [6.07, 6.45) is 2.14. The summed E-state index contributed by atoms with van der Waals surface area (Å²) in [6.45, 7) is 2.52. The summed E-state index contributed by atoms with van der Waals surface area (Å²) in [5.74, 6) is 0.892. The first-order valence-electron chi connectivity index (χ1n) is 8.96. The zero-order valence-electron chi connectivity index (χ0n) is 15.9. The third kappa shape index (κ3) is 3.50. The third-order valence-corrected chi connectivity index (χ3v) is 5.62. The molecule has 2 aromatic heterocycles. The lowest BCUT2D eigenvalue weighted by molar-refractivity contribution is -0.121. The van der Waals surface area contributed by atoms with E-state index < -0.39 is 0 Å². The van der Waals surface area contributed by atoms with E-state index in [9.17, 15) is 4.79 Å². The molecule has 0 radical (unpaired) electrons. The smallest absolute Gasteiger partial charge is 0.232 e. The Morgan fingerprint density at radius 1 is 1.43 bits per heavy atom. The van der Waals surface area contributed by atoms with Gasteiger partial charge in [-0.05, 0) is 25.5 Å². The molecule has 3 aromatic rings. The molecule has 8 nitrogen and oxygen atoms in total. The van der Waals surface area contributed by atoms with Crippen LogP contribution < -0.4 is 10.1 Å². The highest BCUT2D eigenvalue weighted by Gasteiger charge is 2.37. The highest BCUT2D eigenvalue weighted by molar-refractivity contribution is 7.10. The minimum atomic E-state index is -0.292. The van der Waals surface area contributed by atoms with Crippen LogP contribution in [0.5, 0.6) is 5.75 Å². The van der Waals surface area contributed by atoms with Crippen molar-refractivity contribution in [3.05, 3.63) is 41.7 Å². The monoisotopic (exact) mass is 399 g/mol. The van der Waals surface area contributed by atoms with Gasteiger partial charge in [-0.3, -0.25) is 9.48 Å². The van der Waals surface area contributed by atoms with Crippen LogP contribution in [0, 0.1) is 12.8 Å². The predicted octanol–water partition coefficient (Wildman–Crippen LogP) is 2.97. The number of methoxy groups -OCH3 is 1. The molecule has 0 bridgehead atoms. The molecule has 146 valence electrons. The summed E-state index contributed by atoms with van der Waals surface area (Å²) in [4.78, 5) is 17.3. The van der Waals surface area contributed by atoms with Crippen molar-refractivity contribution in [2.45, 2.75) is 19.4 Å². The van der Waals surface area contributed by atoms with Crippen LogP contribution in [0.1, 0.15) is 23.8 Å². The van der Waals surface area contributed by atoms with Crippen molar-refractivity contribution in [3.63, 3.8) is 0 Å². The Kier molecular flexibility index (Phi) is 5.10. The van der Waals surface area contributed by atoms with Crippen LogP contribution in [0.2, 0.25) is 0 Å². The maximum absolute atomic E-state index is 12.9. The lowest BCUT2D eigenvalue weighted by Crippen LogP contribution is -2.25. The standard InChI is InChI=1S/C19H21N5O3S/c1-11-15(10-20-24(11)2)16-14(7-8-27-16)18(25)22-19-21-17(23-28-19)12-5-4-6-13(9-12)26-3/h4-6,9-10,14,16H,7-8H2,1-3H3,(H,21,22,23,25)/t14-,16-/m0/s1. The third-order valence-electron chi connectivity index (χ3n) is 4.99. The van der Waals surface area contributed by atoms with E-state index in [1.165, 1.54) is 0 Å². The summed E-state index contributed by atoms with van der Waals surface area (Å²) < 4.78 is 17.2. The topological polar surface area (TPSA) is 91.2 Å². The molecular weight excluding hydrogens is 378 g/mol. The van der Waals surface area contributed by atoms with Gasteiger partial charge >= 0.3 is 0 Å². The van der Waals surface area contributed by atoms with Crippen molar-refractivity contribution >= 4 is 22.6 Å². The van der Waals surface area contributed by atoms with Gasteiger partial charge in [-0.2, -0.15) is 14.5 Å². The molecule has 1 saturated heterocycles. The van der Waals surface area contributed by atoms with Gasteiger partial charge in [0.1, 0.15) is 5.75 Å². The molecule has 2 atom stereocenters. The van der Waals surface area contributed by atoms with Crippen LogP contribution in [0.3, 0.4) is 0 Å². The van der Waals surface area contributed by atoms with E-state index in [4.69, 9.17) is 9.47 Å². The summed E-state index contributed by atoms with van der Waals surface area (Å²) >= 11 is 1.16. The number of carbonyl (C=O) groups excluding carboxylic acids is 1. The molecule has 0 aliphatic carbocycles. The predicted molar refractivity (Wildman–Crippen MR) is 105 cm³/mol. The summed E-state index contributed by atoms with van der Waals surface area (Å²) in [7, 11) is 3.49. The molecule has 0 spiro atoms. The van der Waals surface area contributed by atoms with Crippen LogP contribution >= 0.6 is 11.5 Å². The van der Waals surface area contributed by atoms with Gasteiger partial charge in [0, 0.05) is 42.0 Å². The maximum Gasteiger partial charge on any atom is 0.232 e. The van der Waals surface area contributed by atoms with Crippen LogP contribution in [-0.2, 0) is 16.6 Å². The van der Waals surface area contributed by atoms with Crippen LogP contribution in [0.15, 0.2) is 30.5 Å². The number of aromatic nitrogens is 4. The maximum atomic E-state index is 12.9. The van der Waals surface area contributed by atoms with Gasteiger partial charge in [-0.25, -0.2) is 0 Å². The molecule has 3 heterocycles. The van der Waals surface area contributed by atoms with Gasteiger partial charge in [-0.1, -0.05) is 12.1 Å². The highest BCUT2D eigenvalue weighted by atomic mass is 32.1. The number of amides is 1. The molecule has 1 aromatic carbocycles. The first-order valence-corrected chi connectivity index (χ1v) is 9.73. The van der Waals surface area contributed by atoms with Gasteiger partial charge in [0.2, 0.25) is 11.0 Å². The second kappa shape index (κ2) is 7.69. The van der Waals surface area contributed by atoms with E-state index in [2.05, 4.69) is 19.8 Å². The highest BCUT2D eigenvalue weighted by Crippen LogP contribution is 2.37. The number of nitrogens with zero attached hydrogens (tertiary/aromatic N) is 4. The summed E-state index contributed by atoms with van der Waals surface area (Å²) in [6, 6.07) is 7.51. The van der Waals surface area contributed by atoms with Crippen LogP contribution in [0.25, 0.3) is 11.4 Å². The number of anilines is 1. The number of hydrogen-bond donors (Lipinski definition) is 1. The molecule has 1 fully saturated rings. The number of benzene rings is 1. The Morgan fingerprint density at radius 3 is 3.04 bits per heavy atom. The molecule has 1 aliphatic rings. The zero-order valence-corrected chi connectivity index (χ0v) is 16.7. The molecule has 0 unspecified atom stereocenters. The second-order valence-corrected chi connectivity index (χ2v) is 7.39. The number of hydrogen-bond acceptors (Lipinski definition) is 7. The minimum Gasteiger partial charge on any atom is -0.497 e. The molecule has 1 N–H and O–H groups in total. The Bertz CT molecular complexity index is 999. The average Bonchev–Trinajstić information content (AvgIpc) is 3.43. The lowest BCUT2D eigenvalue weighted by Gasteiger charge is -2.17. The van der Waals surface area contributed by atoms with E-state index in [-0.39, 0.29) is 17.9 Å². The van der Waals surface area contributed by atoms with Crippen LogP contribution in [-0.4, -0.2) is 38.8 Å². The molecule has 1 aliphatic heterocycles. The van der Waals surface area contributed by atoms with Gasteiger partial charge in [0.15, 0.2) is 5.82 Å². The number of ether oxygens (including phenoxy) is 2. The fraction of sp³-hybridized carbons (Fsp3) is 0.368. The van der Waals surface area contributed by atoms with Crippen molar-refractivity contribution in [1.82, 2.24) is 19.1 Å². The average molecular weight is 399 g/mol. The lowest BCUT2D eigenvalue weighted by atomic mass is 9.95. The summed E-state index contributed by atoms with van der Waals surface area (Å²) in [5, 5.41) is 7.63. The molecule has 4 rings (SSSR count). The fourth-order valence-electron chi connectivity index (χ4n) is 3.31. The zero-order chi connectivity index (χ0) is 19.7. The second-order valence-electron chi connectivity index (χ2n) is 6.64. The largest absolute Gasteiger partial charge is 0.497 e. The van der Waals surface area contributed by atoms with Gasteiger partial charge in [0.25, 0.3) is 0 Å². The number of nitrogens with one attached hydrogen (secondary N) is 1. The molecular formula is C19H21N5O3S. The van der Waals surface area contributed by atoms with Gasteiger partial charge in [0.05, 0.1) is 25.3 Å². The Balaban J connectivity index is 1.49. The van der Waals surface area contributed by atoms with Crippen molar-refractivity contribution in [2.75, 3.05) is 19.0 Å². The Hall–Kier alpha value is -2.78. The quantitative estimate of drug-likeness (QED) is 0.709. The fourth-order valence-corrected chi connectivity index (χ4v) is 3.90.